The first-order valence-electron chi connectivity index (χ1n) is 11.8. The van der Waals surface area contributed by atoms with Crippen molar-refractivity contribution in [3.8, 4) is 0 Å². The Morgan fingerprint density at radius 3 is 1.64 bits per heavy atom. The number of rotatable bonds is 16. The van der Waals surface area contributed by atoms with Gasteiger partial charge in [0.25, 0.3) is 0 Å². The van der Waals surface area contributed by atoms with Gasteiger partial charge < -0.3 is 0 Å². The number of ketones is 1. The Balaban J connectivity index is 1.84. The Morgan fingerprint density at radius 1 is 0.720 bits per heavy atom. The van der Waals surface area contributed by atoms with Crippen LogP contribution in [-0.2, 0) is 4.79 Å². The summed E-state index contributed by atoms with van der Waals surface area (Å²) in [5, 5.41) is 0. The van der Waals surface area contributed by atoms with Gasteiger partial charge >= 0.3 is 0 Å². The van der Waals surface area contributed by atoms with Gasteiger partial charge in [0.2, 0.25) is 0 Å². The quantitative estimate of drug-likeness (QED) is 0.256. The fourth-order valence-electron chi connectivity index (χ4n) is 4.44. The van der Waals surface area contributed by atoms with E-state index >= 15 is 0 Å². The van der Waals surface area contributed by atoms with Crippen molar-refractivity contribution < 1.29 is 4.79 Å². The van der Waals surface area contributed by atoms with Crippen molar-refractivity contribution in [2.75, 3.05) is 0 Å². The molecule has 1 unspecified atom stereocenters. The van der Waals surface area contributed by atoms with Crippen LogP contribution >= 0.6 is 0 Å². The summed E-state index contributed by atoms with van der Waals surface area (Å²) in [6.45, 7) is 4.48. The zero-order chi connectivity index (χ0) is 18.2. The van der Waals surface area contributed by atoms with E-state index < -0.39 is 0 Å². The van der Waals surface area contributed by atoms with E-state index in [9.17, 15) is 4.79 Å². The van der Waals surface area contributed by atoms with Crippen molar-refractivity contribution >= 4 is 5.78 Å². The molecule has 0 bridgehead atoms. The molecule has 25 heavy (non-hydrogen) atoms. The van der Waals surface area contributed by atoms with Crippen molar-refractivity contribution in [3.05, 3.63) is 0 Å². The smallest absolute Gasteiger partial charge is 0.135 e. The van der Waals surface area contributed by atoms with Crippen LogP contribution in [0.2, 0.25) is 0 Å². The molecule has 0 aliphatic heterocycles. The Bertz CT molecular complexity index is 303. The average Bonchev–Trinajstić information content (AvgIpc) is 2.65. The highest BCUT2D eigenvalue weighted by atomic mass is 16.1. The number of Topliss-reactive ketones (excluding diaryl/α,β-unsaturated/α-hetero) is 1. The average molecular weight is 351 g/mol. The largest absolute Gasteiger partial charge is 0.299 e. The lowest BCUT2D eigenvalue weighted by molar-refractivity contribution is -0.124. The minimum absolute atomic E-state index is 0.331. The molecule has 1 rings (SSSR count). The summed E-state index contributed by atoms with van der Waals surface area (Å²) in [7, 11) is 0. The fourth-order valence-corrected chi connectivity index (χ4v) is 4.44. The van der Waals surface area contributed by atoms with Gasteiger partial charge in [0.1, 0.15) is 5.78 Å². The van der Waals surface area contributed by atoms with Crippen LogP contribution in [0, 0.1) is 11.8 Å². The highest BCUT2D eigenvalue weighted by molar-refractivity contribution is 5.80. The molecule has 0 amide bonds. The number of carbonyl (C=O) groups is 1. The second kappa shape index (κ2) is 15.9. The lowest BCUT2D eigenvalue weighted by Crippen LogP contribution is -2.23. The maximum atomic E-state index is 12.3. The highest BCUT2D eigenvalue weighted by Crippen LogP contribution is 2.31. The van der Waals surface area contributed by atoms with Crippen LogP contribution in [0.25, 0.3) is 0 Å². The summed E-state index contributed by atoms with van der Waals surface area (Å²) in [6, 6.07) is 0. The predicted octanol–water partition coefficient (Wildman–Crippen LogP) is 8.25. The summed E-state index contributed by atoms with van der Waals surface area (Å²) in [4.78, 5) is 12.3. The first kappa shape index (κ1) is 22.7. The molecular formula is C24H46O. The van der Waals surface area contributed by atoms with Crippen molar-refractivity contribution in [1.29, 1.82) is 0 Å². The van der Waals surface area contributed by atoms with Crippen LogP contribution in [-0.4, -0.2) is 5.78 Å². The molecule has 1 nitrogen and oxygen atoms in total. The van der Waals surface area contributed by atoms with Gasteiger partial charge in [0, 0.05) is 12.3 Å². The lowest BCUT2D eigenvalue weighted by Gasteiger charge is -2.26. The molecule has 1 saturated carbocycles. The number of hydrogen-bond acceptors (Lipinski definition) is 1. The molecule has 0 saturated heterocycles. The molecule has 0 spiro atoms. The molecule has 1 aliphatic carbocycles. The Kier molecular flexibility index (Phi) is 14.4. The van der Waals surface area contributed by atoms with E-state index in [0.717, 1.165) is 12.8 Å². The third-order valence-electron chi connectivity index (χ3n) is 6.39. The van der Waals surface area contributed by atoms with E-state index in [0.29, 0.717) is 17.6 Å². The number of carbonyl (C=O) groups excluding carboxylic acids is 1. The maximum absolute atomic E-state index is 12.3. The summed E-state index contributed by atoms with van der Waals surface area (Å²) in [5.41, 5.74) is 0. The summed E-state index contributed by atoms with van der Waals surface area (Å²) in [6.07, 6.45) is 25.4. The predicted molar refractivity (Wildman–Crippen MR) is 111 cm³/mol. The Hall–Kier alpha value is -0.330. The highest BCUT2D eigenvalue weighted by Gasteiger charge is 2.24. The first-order valence-corrected chi connectivity index (χ1v) is 11.8. The summed E-state index contributed by atoms with van der Waals surface area (Å²) < 4.78 is 0. The van der Waals surface area contributed by atoms with Gasteiger partial charge in [-0.25, -0.2) is 0 Å². The third kappa shape index (κ3) is 11.8. The van der Waals surface area contributed by atoms with Crippen LogP contribution in [0.3, 0.4) is 0 Å². The second-order valence-electron chi connectivity index (χ2n) is 8.65. The second-order valence-corrected chi connectivity index (χ2v) is 8.65. The summed E-state index contributed by atoms with van der Waals surface area (Å²) >= 11 is 0. The van der Waals surface area contributed by atoms with Gasteiger partial charge in [-0.05, 0) is 25.2 Å². The fraction of sp³-hybridized carbons (Fsp3) is 0.958. The third-order valence-corrected chi connectivity index (χ3v) is 6.39. The standard InChI is InChI=1S/C24H46O/c1-3-4-5-6-7-8-9-10-11-12-13-14-18-21-24(25)22(2)23-19-16-15-17-20-23/h22-23H,3-21H2,1-2H3. The van der Waals surface area contributed by atoms with Crippen molar-refractivity contribution in [2.24, 2.45) is 11.8 Å². The van der Waals surface area contributed by atoms with E-state index in [1.165, 1.54) is 109 Å². The van der Waals surface area contributed by atoms with Crippen LogP contribution in [0.5, 0.6) is 0 Å². The minimum atomic E-state index is 0.331. The molecule has 0 aromatic heterocycles. The van der Waals surface area contributed by atoms with Crippen LogP contribution in [0.4, 0.5) is 0 Å². The normalized spacial score (nSPS) is 16.9. The van der Waals surface area contributed by atoms with Crippen LogP contribution < -0.4 is 0 Å². The van der Waals surface area contributed by atoms with E-state index in [2.05, 4.69) is 13.8 Å². The molecule has 0 aromatic carbocycles. The van der Waals surface area contributed by atoms with Gasteiger partial charge in [-0.15, -0.1) is 0 Å². The van der Waals surface area contributed by atoms with Gasteiger partial charge in [-0.1, -0.05) is 110 Å². The SMILES string of the molecule is CCCCCCCCCCCCCCCC(=O)C(C)C1CCCCC1. The first-order chi connectivity index (χ1) is 12.3. The number of hydrogen-bond donors (Lipinski definition) is 0. The zero-order valence-corrected chi connectivity index (χ0v) is 17.5. The monoisotopic (exact) mass is 350 g/mol. The molecule has 1 heteroatoms. The van der Waals surface area contributed by atoms with Crippen LogP contribution in [0.1, 0.15) is 136 Å². The molecule has 1 fully saturated rings. The molecule has 0 radical (unpaired) electrons. The van der Waals surface area contributed by atoms with Gasteiger partial charge in [0.15, 0.2) is 0 Å². The van der Waals surface area contributed by atoms with Gasteiger partial charge in [-0.3, -0.25) is 4.79 Å². The maximum Gasteiger partial charge on any atom is 0.135 e. The molecule has 148 valence electrons. The molecule has 0 N–H and O–H groups in total. The van der Waals surface area contributed by atoms with Crippen molar-refractivity contribution in [3.63, 3.8) is 0 Å². The topological polar surface area (TPSA) is 17.1 Å². The molecule has 0 aromatic rings. The van der Waals surface area contributed by atoms with Crippen molar-refractivity contribution in [2.45, 2.75) is 136 Å². The minimum Gasteiger partial charge on any atom is -0.299 e. The summed E-state index contributed by atoms with van der Waals surface area (Å²) in [5.74, 6) is 1.58. The Labute approximate surface area is 158 Å². The van der Waals surface area contributed by atoms with E-state index in [4.69, 9.17) is 0 Å². The lowest BCUT2D eigenvalue weighted by atomic mass is 9.78. The van der Waals surface area contributed by atoms with E-state index in [1.807, 2.05) is 0 Å². The zero-order valence-electron chi connectivity index (χ0n) is 17.5. The molecule has 1 atom stereocenters. The molecule has 0 heterocycles. The van der Waals surface area contributed by atoms with Gasteiger partial charge in [0.05, 0.1) is 0 Å². The van der Waals surface area contributed by atoms with E-state index in [-0.39, 0.29) is 0 Å². The Morgan fingerprint density at radius 2 is 1.16 bits per heavy atom. The molecular weight excluding hydrogens is 304 g/mol. The van der Waals surface area contributed by atoms with Gasteiger partial charge in [-0.2, -0.15) is 0 Å². The number of unbranched alkanes of at least 4 members (excludes halogenated alkanes) is 12. The van der Waals surface area contributed by atoms with E-state index in [1.54, 1.807) is 0 Å². The molecule has 1 aliphatic rings. The van der Waals surface area contributed by atoms with Crippen molar-refractivity contribution in [1.82, 2.24) is 0 Å². The van der Waals surface area contributed by atoms with Crippen LogP contribution in [0.15, 0.2) is 0 Å².